The number of para-hydroxylation sites is 1. The summed E-state index contributed by atoms with van der Waals surface area (Å²) in [6, 6.07) is 16.3. The van der Waals surface area contributed by atoms with Gasteiger partial charge in [0, 0.05) is 17.6 Å². The molecule has 0 aliphatic rings. The Balaban J connectivity index is 1.72. The number of esters is 1. The highest BCUT2D eigenvalue weighted by atomic mass is 16.5. The third-order valence-electron chi connectivity index (χ3n) is 4.56. The van der Waals surface area contributed by atoms with Crippen LogP contribution in [-0.4, -0.2) is 24.0 Å². The number of nitrogens with zero attached hydrogens (tertiary/aromatic N) is 1. The summed E-state index contributed by atoms with van der Waals surface area (Å²) >= 11 is 0. The Hall–Kier alpha value is -3.67. The van der Waals surface area contributed by atoms with E-state index in [4.69, 9.17) is 4.74 Å². The van der Waals surface area contributed by atoms with Gasteiger partial charge in [-0.15, -0.1) is 0 Å². The second-order valence-corrected chi connectivity index (χ2v) is 6.55. The summed E-state index contributed by atoms with van der Waals surface area (Å²) in [7, 11) is 1.34. The van der Waals surface area contributed by atoms with Crippen LogP contribution in [0.2, 0.25) is 0 Å². The Morgan fingerprint density at radius 2 is 1.83 bits per heavy atom. The summed E-state index contributed by atoms with van der Waals surface area (Å²) in [4.78, 5) is 28.6. The molecule has 0 saturated carbocycles. The SMILES string of the molecule is CCc1cccc(C)c1NC(=O)c1ccc(Nc2cccc(C(=O)OC)c2)nc1. The molecule has 1 amide bonds. The minimum Gasteiger partial charge on any atom is -0.465 e. The summed E-state index contributed by atoms with van der Waals surface area (Å²) in [5, 5.41) is 6.11. The monoisotopic (exact) mass is 389 g/mol. The Morgan fingerprint density at radius 1 is 1.03 bits per heavy atom. The molecule has 0 spiro atoms. The van der Waals surface area contributed by atoms with Crippen LogP contribution < -0.4 is 10.6 Å². The van der Waals surface area contributed by atoms with Crippen molar-refractivity contribution in [2.24, 2.45) is 0 Å². The van der Waals surface area contributed by atoms with E-state index >= 15 is 0 Å². The van der Waals surface area contributed by atoms with Crippen molar-refractivity contribution in [3.05, 3.63) is 83.0 Å². The summed E-state index contributed by atoms with van der Waals surface area (Å²) in [5.74, 6) is -0.0503. The van der Waals surface area contributed by atoms with E-state index in [0.29, 0.717) is 22.6 Å². The molecule has 0 unspecified atom stereocenters. The third kappa shape index (κ3) is 4.79. The van der Waals surface area contributed by atoms with Crippen molar-refractivity contribution < 1.29 is 14.3 Å². The van der Waals surface area contributed by atoms with Crippen LogP contribution in [0.1, 0.15) is 38.8 Å². The molecule has 148 valence electrons. The lowest BCUT2D eigenvalue weighted by Crippen LogP contribution is -2.14. The number of benzene rings is 2. The molecular weight excluding hydrogens is 366 g/mol. The Labute approximate surface area is 169 Å². The van der Waals surface area contributed by atoms with Crippen LogP contribution in [0.5, 0.6) is 0 Å². The van der Waals surface area contributed by atoms with E-state index in [2.05, 4.69) is 22.5 Å². The molecule has 1 heterocycles. The second-order valence-electron chi connectivity index (χ2n) is 6.55. The Bertz CT molecular complexity index is 1030. The molecule has 0 radical (unpaired) electrons. The van der Waals surface area contributed by atoms with Crippen molar-refractivity contribution in [2.75, 3.05) is 17.7 Å². The Morgan fingerprint density at radius 3 is 2.52 bits per heavy atom. The zero-order chi connectivity index (χ0) is 20.8. The highest BCUT2D eigenvalue weighted by Crippen LogP contribution is 2.22. The van der Waals surface area contributed by atoms with E-state index in [1.54, 1.807) is 30.3 Å². The maximum absolute atomic E-state index is 12.6. The highest BCUT2D eigenvalue weighted by Gasteiger charge is 2.11. The van der Waals surface area contributed by atoms with E-state index in [-0.39, 0.29) is 5.91 Å². The van der Waals surface area contributed by atoms with Crippen molar-refractivity contribution >= 4 is 29.1 Å². The van der Waals surface area contributed by atoms with Gasteiger partial charge in [0.15, 0.2) is 0 Å². The number of aromatic nitrogens is 1. The van der Waals surface area contributed by atoms with Gasteiger partial charge in [-0.3, -0.25) is 4.79 Å². The molecule has 29 heavy (non-hydrogen) atoms. The number of nitrogens with one attached hydrogen (secondary N) is 2. The number of amides is 1. The normalized spacial score (nSPS) is 10.3. The maximum atomic E-state index is 12.6. The Kier molecular flexibility index (Phi) is 6.24. The number of anilines is 3. The molecule has 3 aromatic rings. The van der Waals surface area contributed by atoms with E-state index in [1.807, 2.05) is 31.2 Å². The van der Waals surface area contributed by atoms with Gasteiger partial charge in [-0.25, -0.2) is 9.78 Å². The number of carbonyl (C=O) groups excluding carboxylic acids is 2. The fourth-order valence-corrected chi connectivity index (χ4v) is 2.98. The molecule has 6 heteroatoms. The third-order valence-corrected chi connectivity index (χ3v) is 4.56. The lowest BCUT2D eigenvalue weighted by molar-refractivity contribution is 0.0600. The van der Waals surface area contributed by atoms with Crippen LogP contribution in [0.3, 0.4) is 0 Å². The first-order valence-electron chi connectivity index (χ1n) is 9.33. The van der Waals surface area contributed by atoms with Crippen LogP contribution in [-0.2, 0) is 11.2 Å². The molecular formula is C23H23N3O3. The van der Waals surface area contributed by atoms with Gasteiger partial charge >= 0.3 is 5.97 Å². The van der Waals surface area contributed by atoms with Gasteiger partial charge in [0.25, 0.3) is 5.91 Å². The molecule has 0 fully saturated rings. The van der Waals surface area contributed by atoms with Crippen LogP contribution in [0, 0.1) is 6.92 Å². The van der Waals surface area contributed by atoms with Gasteiger partial charge in [0.2, 0.25) is 0 Å². The van der Waals surface area contributed by atoms with Gasteiger partial charge in [-0.2, -0.15) is 0 Å². The van der Waals surface area contributed by atoms with Crippen LogP contribution in [0.15, 0.2) is 60.8 Å². The molecule has 1 aromatic heterocycles. The molecule has 0 saturated heterocycles. The fraction of sp³-hybridized carbons (Fsp3) is 0.174. The van der Waals surface area contributed by atoms with E-state index in [1.165, 1.54) is 13.3 Å². The van der Waals surface area contributed by atoms with Gasteiger partial charge in [0.05, 0.1) is 18.2 Å². The molecule has 3 rings (SSSR count). The van der Waals surface area contributed by atoms with Crippen molar-refractivity contribution in [3.63, 3.8) is 0 Å². The smallest absolute Gasteiger partial charge is 0.337 e. The summed E-state index contributed by atoms with van der Waals surface area (Å²) in [6.07, 6.45) is 2.36. The van der Waals surface area contributed by atoms with Crippen molar-refractivity contribution in [1.29, 1.82) is 0 Å². The maximum Gasteiger partial charge on any atom is 0.337 e. The minimum atomic E-state index is -0.406. The predicted molar refractivity (Wildman–Crippen MR) is 114 cm³/mol. The fourth-order valence-electron chi connectivity index (χ4n) is 2.98. The highest BCUT2D eigenvalue weighted by molar-refractivity contribution is 6.05. The number of methoxy groups -OCH3 is 1. The summed E-state index contributed by atoms with van der Waals surface area (Å²) < 4.78 is 4.73. The average molecular weight is 389 g/mol. The lowest BCUT2D eigenvalue weighted by Gasteiger charge is -2.13. The van der Waals surface area contributed by atoms with Gasteiger partial charge in [0.1, 0.15) is 5.82 Å². The molecule has 0 atom stereocenters. The first-order chi connectivity index (χ1) is 14.0. The van der Waals surface area contributed by atoms with Crippen LogP contribution in [0.4, 0.5) is 17.2 Å². The summed E-state index contributed by atoms with van der Waals surface area (Å²) in [6.45, 7) is 4.03. The molecule has 2 N–H and O–H groups in total. The summed E-state index contributed by atoms with van der Waals surface area (Å²) in [5.41, 5.74) is 4.57. The van der Waals surface area contributed by atoms with Crippen molar-refractivity contribution in [3.8, 4) is 0 Å². The number of hydrogen-bond donors (Lipinski definition) is 2. The predicted octanol–water partition coefficient (Wildman–Crippen LogP) is 4.73. The van der Waals surface area contributed by atoms with Crippen LogP contribution >= 0.6 is 0 Å². The van der Waals surface area contributed by atoms with Gasteiger partial charge < -0.3 is 15.4 Å². The second kappa shape index (κ2) is 9.01. The quantitative estimate of drug-likeness (QED) is 0.596. The van der Waals surface area contributed by atoms with Crippen LogP contribution in [0.25, 0.3) is 0 Å². The number of hydrogen-bond acceptors (Lipinski definition) is 5. The standard InChI is InChI=1S/C23H23N3O3/c1-4-16-8-5-7-15(2)21(16)26-22(27)18-11-12-20(24-14-18)25-19-10-6-9-17(13-19)23(28)29-3/h5-14H,4H2,1-3H3,(H,24,25)(H,26,27). The van der Waals surface area contributed by atoms with Crippen molar-refractivity contribution in [1.82, 2.24) is 4.98 Å². The topological polar surface area (TPSA) is 80.3 Å². The number of aryl methyl sites for hydroxylation is 2. The van der Waals surface area contributed by atoms with Gasteiger partial charge in [-0.1, -0.05) is 31.2 Å². The zero-order valence-corrected chi connectivity index (χ0v) is 16.7. The van der Waals surface area contributed by atoms with Crippen molar-refractivity contribution in [2.45, 2.75) is 20.3 Å². The average Bonchev–Trinajstić information content (AvgIpc) is 2.75. The molecule has 0 aliphatic carbocycles. The lowest BCUT2D eigenvalue weighted by atomic mass is 10.1. The molecule has 0 aliphatic heterocycles. The molecule has 2 aromatic carbocycles. The van der Waals surface area contributed by atoms with E-state index in [9.17, 15) is 9.59 Å². The first kappa shape index (κ1) is 20.1. The zero-order valence-electron chi connectivity index (χ0n) is 16.7. The number of ether oxygens (including phenoxy) is 1. The number of rotatable bonds is 6. The molecule has 0 bridgehead atoms. The number of carbonyl (C=O) groups is 2. The van der Waals surface area contributed by atoms with E-state index in [0.717, 1.165) is 23.2 Å². The van der Waals surface area contributed by atoms with Gasteiger partial charge in [-0.05, 0) is 54.8 Å². The minimum absolute atomic E-state index is 0.208. The number of pyridine rings is 1. The molecule has 6 nitrogen and oxygen atoms in total. The largest absolute Gasteiger partial charge is 0.465 e. The van der Waals surface area contributed by atoms with E-state index < -0.39 is 5.97 Å². The first-order valence-corrected chi connectivity index (χ1v) is 9.33.